The highest BCUT2D eigenvalue weighted by Crippen LogP contribution is 2.43. The van der Waals surface area contributed by atoms with Crippen LogP contribution in [-0.2, 0) is 9.53 Å². The Balaban J connectivity index is 1.90. The van der Waals surface area contributed by atoms with Crippen LogP contribution in [0.2, 0.25) is 0 Å². The fraction of sp³-hybridized carbons (Fsp3) is 0.536. The quantitative estimate of drug-likeness (QED) is 0.398. The van der Waals surface area contributed by atoms with Crippen molar-refractivity contribution in [2.24, 2.45) is 5.41 Å². The van der Waals surface area contributed by atoms with Crippen molar-refractivity contribution in [1.82, 2.24) is 0 Å². The molecule has 0 spiro atoms. The molecule has 3 heteroatoms. The van der Waals surface area contributed by atoms with Crippen molar-refractivity contribution >= 4 is 5.78 Å². The summed E-state index contributed by atoms with van der Waals surface area (Å²) < 4.78 is 6.78. The summed E-state index contributed by atoms with van der Waals surface area (Å²) >= 11 is 0. The number of Topliss-reactive ketones (excluding diaryl/α,β-unsaturated/α-hetero) is 1. The van der Waals surface area contributed by atoms with Crippen molar-refractivity contribution in [2.45, 2.75) is 89.9 Å². The highest BCUT2D eigenvalue weighted by Gasteiger charge is 2.44. The lowest BCUT2D eigenvalue weighted by molar-refractivity contribution is -0.157. The second kappa shape index (κ2) is 11.6. The van der Waals surface area contributed by atoms with Gasteiger partial charge in [-0.05, 0) is 30.4 Å². The van der Waals surface area contributed by atoms with Gasteiger partial charge < -0.3 is 9.84 Å². The molecule has 1 aliphatic carbocycles. The lowest BCUT2D eigenvalue weighted by Gasteiger charge is -2.41. The molecule has 168 valence electrons. The second-order valence-electron chi connectivity index (χ2n) is 9.21. The molecule has 0 bridgehead atoms. The first-order valence-corrected chi connectivity index (χ1v) is 12.0. The van der Waals surface area contributed by atoms with E-state index < -0.39 is 17.6 Å². The monoisotopic (exact) mass is 422 g/mol. The lowest BCUT2D eigenvalue weighted by atomic mass is 9.69. The van der Waals surface area contributed by atoms with Gasteiger partial charge in [-0.15, -0.1) is 0 Å². The van der Waals surface area contributed by atoms with Crippen LogP contribution in [0.1, 0.15) is 95.0 Å². The number of rotatable bonds is 11. The van der Waals surface area contributed by atoms with Crippen LogP contribution in [0.25, 0.3) is 0 Å². The molecule has 31 heavy (non-hydrogen) atoms. The van der Waals surface area contributed by atoms with E-state index in [2.05, 4.69) is 13.8 Å². The maximum absolute atomic E-state index is 13.1. The molecule has 0 radical (unpaired) electrons. The molecule has 2 aromatic carbocycles. The van der Waals surface area contributed by atoms with E-state index in [-0.39, 0.29) is 6.10 Å². The first-order chi connectivity index (χ1) is 15.1. The number of carbonyl (C=O) groups excluding carboxylic acids is 1. The van der Waals surface area contributed by atoms with Crippen molar-refractivity contribution in [3.63, 3.8) is 0 Å². The summed E-state index contributed by atoms with van der Waals surface area (Å²) in [5, 5.41) is 11.3. The maximum Gasteiger partial charge on any atom is 0.141 e. The summed E-state index contributed by atoms with van der Waals surface area (Å²) in [7, 11) is 0. The number of hydrogen-bond acceptors (Lipinski definition) is 3. The SMILES string of the molecule is CCCCCC[C@@H](O[C@@H](c1ccccc1)[C@@H](O)c1ccccc1)[C@@]1(C)CCCCC1=O. The molecule has 1 fully saturated rings. The van der Waals surface area contributed by atoms with Crippen molar-refractivity contribution < 1.29 is 14.6 Å². The molecule has 3 nitrogen and oxygen atoms in total. The van der Waals surface area contributed by atoms with E-state index in [0.717, 1.165) is 49.7 Å². The summed E-state index contributed by atoms with van der Waals surface area (Å²) in [5.41, 5.74) is 1.30. The molecule has 0 saturated heterocycles. The molecule has 0 aromatic heterocycles. The summed E-state index contributed by atoms with van der Waals surface area (Å²) in [4.78, 5) is 13.1. The van der Waals surface area contributed by atoms with Gasteiger partial charge >= 0.3 is 0 Å². The normalized spacial score (nSPS) is 22.1. The van der Waals surface area contributed by atoms with Gasteiger partial charge in [-0.2, -0.15) is 0 Å². The van der Waals surface area contributed by atoms with E-state index in [0.29, 0.717) is 12.2 Å². The van der Waals surface area contributed by atoms with Crippen LogP contribution < -0.4 is 0 Å². The van der Waals surface area contributed by atoms with Crippen molar-refractivity contribution in [3.05, 3.63) is 71.8 Å². The Morgan fingerprint density at radius 3 is 2.19 bits per heavy atom. The first-order valence-electron chi connectivity index (χ1n) is 12.0. The van der Waals surface area contributed by atoms with Crippen LogP contribution >= 0.6 is 0 Å². The van der Waals surface area contributed by atoms with Gasteiger partial charge in [0, 0.05) is 6.42 Å². The van der Waals surface area contributed by atoms with Gasteiger partial charge in [-0.25, -0.2) is 0 Å². The number of unbranched alkanes of at least 4 members (excludes halogenated alkanes) is 3. The van der Waals surface area contributed by atoms with Crippen molar-refractivity contribution in [1.29, 1.82) is 0 Å². The first kappa shape index (κ1) is 23.7. The summed E-state index contributed by atoms with van der Waals surface area (Å²) in [6.07, 6.45) is 7.49. The molecule has 0 amide bonds. The fourth-order valence-electron chi connectivity index (χ4n) is 4.82. The van der Waals surface area contributed by atoms with Crippen LogP contribution in [0.15, 0.2) is 60.7 Å². The fourth-order valence-corrected chi connectivity index (χ4v) is 4.82. The minimum absolute atomic E-state index is 0.194. The number of ketones is 1. The van der Waals surface area contributed by atoms with Gasteiger partial charge in [-0.1, -0.05) is 107 Å². The largest absolute Gasteiger partial charge is 0.385 e. The molecule has 3 rings (SSSR count). The molecule has 2 aromatic rings. The smallest absolute Gasteiger partial charge is 0.141 e. The molecular formula is C28H38O3. The third kappa shape index (κ3) is 6.05. The van der Waals surface area contributed by atoms with Gasteiger partial charge in [0.15, 0.2) is 0 Å². The Hall–Kier alpha value is -1.97. The lowest BCUT2D eigenvalue weighted by Crippen LogP contribution is -2.44. The number of hydrogen-bond donors (Lipinski definition) is 1. The average Bonchev–Trinajstić information content (AvgIpc) is 2.81. The van der Waals surface area contributed by atoms with Crippen LogP contribution in [0.5, 0.6) is 0 Å². The molecule has 0 unspecified atom stereocenters. The Morgan fingerprint density at radius 1 is 0.935 bits per heavy atom. The minimum atomic E-state index is -0.788. The second-order valence-corrected chi connectivity index (χ2v) is 9.21. The zero-order chi connectivity index (χ0) is 22.1. The Morgan fingerprint density at radius 2 is 1.58 bits per heavy atom. The van der Waals surface area contributed by atoms with Crippen molar-refractivity contribution in [2.75, 3.05) is 0 Å². The number of aliphatic hydroxyl groups excluding tert-OH is 1. The Labute approximate surface area is 187 Å². The van der Waals surface area contributed by atoms with Crippen LogP contribution in [0.3, 0.4) is 0 Å². The van der Waals surface area contributed by atoms with E-state index in [4.69, 9.17) is 4.74 Å². The zero-order valence-electron chi connectivity index (χ0n) is 19.1. The summed E-state index contributed by atoms with van der Waals surface area (Å²) in [6, 6.07) is 19.7. The van der Waals surface area contributed by atoms with Gasteiger partial charge in [0.1, 0.15) is 18.0 Å². The predicted molar refractivity (Wildman–Crippen MR) is 126 cm³/mol. The Bertz CT molecular complexity index is 788. The van der Waals surface area contributed by atoms with Gasteiger partial charge in [0.2, 0.25) is 0 Å². The Kier molecular flexibility index (Phi) is 8.86. The average molecular weight is 423 g/mol. The van der Waals surface area contributed by atoms with E-state index in [1.165, 1.54) is 12.8 Å². The van der Waals surface area contributed by atoms with E-state index in [1.54, 1.807) is 0 Å². The van der Waals surface area contributed by atoms with Gasteiger partial charge in [-0.3, -0.25) is 4.79 Å². The number of ether oxygens (including phenoxy) is 1. The third-order valence-corrected chi connectivity index (χ3v) is 6.88. The van der Waals surface area contributed by atoms with Gasteiger partial charge in [0.05, 0.1) is 11.5 Å². The number of aliphatic hydroxyl groups is 1. The molecule has 1 aliphatic rings. The molecular weight excluding hydrogens is 384 g/mol. The predicted octanol–water partition coefficient (Wildman–Crippen LogP) is 6.97. The van der Waals surface area contributed by atoms with Crippen LogP contribution in [-0.4, -0.2) is 17.0 Å². The number of carbonyl (C=O) groups is 1. The third-order valence-electron chi connectivity index (χ3n) is 6.88. The van der Waals surface area contributed by atoms with E-state index in [1.807, 2.05) is 60.7 Å². The maximum atomic E-state index is 13.1. The van der Waals surface area contributed by atoms with E-state index >= 15 is 0 Å². The summed E-state index contributed by atoms with van der Waals surface area (Å²) in [6.45, 7) is 4.30. The molecule has 0 aliphatic heterocycles. The highest BCUT2D eigenvalue weighted by molar-refractivity contribution is 5.85. The minimum Gasteiger partial charge on any atom is -0.385 e. The molecule has 1 N–H and O–H groups in total. The standard InChI is InChI=1S/C28H38O3/c1-3-4-5-12-20-25(28(2)21-14-13-19-24(28)29)31-27(23-17-10-7-11-18-23)26(30)22-15-8-6-9-16-22/h6-11,15-18,25-27,30H,3-5,12-14,19-21H2,1-2H3/t25-,26+,27+,28+/m1/s1. The van der Waals surface area contributed by atoms with Crippen molar-refractivity contribution in [3.8, 4) is 0 Å². The highest BCUT2D eigenvalue weighted by atomic mass is 16.5. The van der Waals surface area contributed by atoms with Gasteiger partial charge in [0.25, 0.3) is 0 Å². The molecule has 0 heterocycles. The van der Waals surface area contributed by atoms with Crippen LogP contribution in [0, 0.1) is 5.41 Å². The topological polar surface area (TPSA) is 46.5 Å². The molecule has 4 atom stereocenters. The summed E-state index contributed by atoms with van der Waals surface area (Å²) in [5.74, 6) is 0.320. The zero-order valence-corrected chi connectivity index (χ0v) is 19.1. The van der Waals surface area contributed by atoms with Crippen LogP contribution in [0.4, 0.5) is 0 Å². The molecule has 1 saturated carbocycles. The van der Waals surface area contributed by atoms with E-state index in [9.17, 15) is 9.90 Å². The number of benzene rings is 2.